The quantitative estimate of drug-likeness (QED) is 0.120. The van der Waals surface area contributed by atoms with E-state index in [1.54, 1.807) is 31.4 Å². The van der Waals surface area contributed by atoms with Gasteiger partial charge in [0.15, 0.2) is 5.11 Å². The van der Waals surface area contributed by atoms with E-state index in [-0.39, 0.29) is 28.9 Å². The van der Waals surface area contributed by atoms with Gasteiger partial charge in [0.1, 0.15) is 11.8 Å². The van der Waals surface area contributed by atoms with Crippen LogP contribution in [-0.2, 0) is 9.59 Å². The van der Waals surface area contributed by atoms with E-state index in [9.17, 15) is 14.4 Å². The van der Waals surface area contributed by atoms with E-state index in [4.69, 9.17) is 17.0 Å². The van der Waals surface area contributed by atoms with Crippen LogP contribution in [0.25, 0.3) is 0 Å². The Morgan fingerprint density at radius 2 is 1.27 bits per heavy atom. The van der Waals surface area contributed by atoms with Gasteiger partial charge in [-0.1, -0.05) is 91.0 Å². The van der Waals surface area contributed by atoms with Crippen LogP contribution in [0.5, 0.6) is 5.75 Å². The van der Waals surface area contributed by atoms with Gasteiger partial charge < -0.3 is 20.7 Å². The lowest BCUT2D eigenvalue weighted by molar-refractivity contribution is -0.129. The van der Waals surface area contributed by atoms with Crippen LogP contribution in [0.15, 0.2) is 115 Å². The Bertz CT molecular complexity index is 1510. The van der Waals surface area contributed by atoms with Gasteiger partial charge in [-0.3, -0.25) is 19.7 Å². The molecule has 4 aromatic rings. The molecule has 232 valence electrons. The van der Waals surface area contributed by atoms with E-state index in [1.807, 2.05) is 97.9 Å². The van der Waals surface area contributed by atoms with Crippen molar-refractivity contribution in [2.24, 2.45) is 0 Å². The summed E-state index contributed by atoms with van der Waals surface area (Å²) in [4.78, 5) is 40.0. The summed E-state index contributed by atoms with van der Waals surface area (Å²) in [6.45, 7) is 2.28. The second-order valence-electron chi connectivity index (χ2n) is 10.5. The maximum Gasteiger partial charge on any atom is 0.257 e. The van der Waals surface area contributed by atoms with Crippen molar-refractivity contribution in [3.8, 4) is 5.75 Å². The van der Waals surface area contributed by atoms with Crippen molar-refractivity contribution in [1.29, 1.82) is 0 Å². The molecule has 9 heteroatoms. The van der Waals surface area contributed by atoms with Gasteiger partial charge in [0, 0.05) is 12.1 Å². The van der Waals surface area contributed by atoms with Crippen molar-refractivity contribution in [2.75, 3.05) is 13.7 Å². The number of methoxy groups -OCH3 is 1. The molecule has 8 nitrogen and oxygen atoms in total. The molecular weight excluding hydrogens is 584 g/mol. The molecule has 4 N–H and O–H groups in total. The van der Waals surface area contributed by atoms with Crippen molar-refractivity contribution in [3.05, 3.63) is 138 Å². The average molecular weight is 623 g/mol. The number of hydrogen-bond donors (Lipinski definition) is 4. The van der Waals surface area contributed by atoms with Crippen molar-refractivity contribution >= 4 is 35.1 Å². The van der Waals surface area contributed by atoms with E-state index in [0.29, 0.717) is 24.9 Å². The van der Waals surface area contributed by atoms with Gasteiger partial charge in [0.2, 0.25) is 11.8 Å². The van der Waals surface area contributed by atoms with E-state index in [0.717, 1.165) is 22.4 Å². The summed E-state index contributed by atoms with van der Waals surface area (Å²) in [6, 6.07) is 34.2. The van der Waals surface area contributed by atoms with Crippen LogP contribution < -0.4 is 26.0 Å². The highest BCUT2D eigenvalue weighted by Gasteiger charge is 2.28. The van der Waals surface area contributed by atoms with Gasteiger partial charge in [0.05, 0.1) is 19.1 Å². The Morgan fingerprint density at radius 3 is 1.82 bits per heavy atom. The highest BCUT2D eigenvalue weighted by Crippen LogP contribution is 2.25. The first kappa shape index (κ1) is 32.9. The van der Waals surface area contributed by atoms with Crippen molar-refractivity contribution in [1.82, 2.24) is 21.3 Å². The molecule has 0 unspecified atom stereocenters. The fourth-order valence-corrected chi connectivity index (χ4v) is 5.11. The standard InChI is InChI=1S/C36H38N4O4S/c1-25(26-20-22-30(44-2)23-21-26)38-34(42)31(19-12-24-37-36(45)40-33(41)29-17-10-5-11-18-29)39-35(43)32(27-13-6-3-7-14-27)28-15-8-4-9-16-28/h3-11,13-18,20-23,25,31-32H,12,19,24H2,1-2H3,(H,38,42)(H,39,43)(H2,37,40,41,45)/t25-,31-/m1/s1. The maximum absolute atomic E-state index is 13.9. The van der Waals surface area contributed by atoms with Crippen molar-refractivity contribution in [2.45, 2.75) is 37.8 Å². The van der Waals surface area contributed by atoms with Gasteiger partial charge in [-0.05, 0) is 72.9 Å². The predicted octanol–water partition coefficient (Wildman–Crippen LogP) is 5.27. The third kappa shape index (κ3) is 9.74. The predicted molar refractivity (Wildman–Crippen MR) is 180 cm³/mol. The van der Waals surface area contributed by atoms with Gasteiger partial charge in [0.25, 0.3) is 5.91 Å². The van der Waals surface area contributed by atoms with Gasteiger partial charge in [-0.25, -0.2) is 0 Å². The largest absolute Gasteiger partial charge is 0.497 e. The fourth-order valence-electron chi connectivity index (χ4n) is 4.92. The summed E-state index contributed by atoms with van der Waals surface area (Å²) in [7, 11) is 1.60. The van der Waals surface area contributed by atoms with Crippen LogP contribution in [0.4, 0.5) is 0 Å². The van der Waals surface area contributed by atoms with Crippen LogP contribution in [-0.4, -0.2) is 42.5 Å². The summed E-state index contributed by atoms with van der Waals surface area (Å²) < 4.78 is 5.25. The second-order valence-corrected chi connectivity index (χ2v) is 10.9. The summed E-state index contributed by atoms with van der Waals surface area (Å²) in [6.07, 6.45) is 0.837. The molecule has 0 saturated heterocycles. The lowest BCUT2D eigenvalue weighted by atomic mass is 9.90. The van der Waals surface area contributed by atoms with Crippen LogP contribution in [0.3, 0.4) is 0 Å². The third-order valence-electron chi connectivity index (χ3n) is 7.35. The normalized spacial score (nSPS) is 12.0. The molecule has 4 rings (SSSR count). The van der Waals surface area contributed by atoms with Crippen molar-refractivity contribution in [3.63, 3.8) is 0 Å². The van der Waals surface area contributed by atoms with Gasteiger partial charge >= 0.3 is 0 Å². The topological polar surface area (TPSA) is 109 Å². The third-order valence-corrected chi connectivity index (χ3v) is 7.60. The SMILES string of the molecule is COc1ccc([C@@H](C)NC(=O)[C@@H](CCCNC(=S)NC(=O)c2ccccc2)NC(=O)C(c2ccccc2)c2ccccc2)cc1. The van der Waals surface area contributed by atoms with Crippen LogP contribution in [0.2, 0.25) is 0 Å². The number of amides is 3. The first-order valence-electron chi connectivity index (χ1n) is 14.8. The number of nitrogens with one attached hydrogen (secondary N) is 4. The minimum absolute atomic E-state index is 0.190. The maximum atomic E-state index is 13.9. The zero-order chi connectivity index (χ0) is 32.0. The molecule has 0 fully saturated rings. The molecule has 45 heavy (non-hydrogen) atoms. The van der Waals surface area contributed by atoms with Crippen molar-refractivity contribution < 1.29 is 19.1 Å². The molecule has 4 aromatic carbocycles. The number of carbonyl (C=O) groups excluding carboxylic acids is 3. The Hall–Kier alpha value is -5.02. The molecule has 0 spiro atoms. The minimum Gasteiger partial charge on any atom is -0.497 e. The smallest absolute Gasteiger partial charge is 0.257 e. The molecule has 0 aliphatic carbocycles. The second kappa shape index (κ2) is 16.7. The summed E-state index contributed by atoms with van der Waals surface area (Å²) in [5.74, 6) is -0.756. The molecular formula is C36H38N4O4S. The Kier molecular flexibility index (Phi) is 12.2. The Balaban J connectivity index is 1.44. The van der Waals surface area contributed by atoms with E-state index in [2.05, 4.69) is 21.3 Å². The number of hydrogen-bond acceptors (Lipinski definition) is 5. The molecule has 0 aromatic heterocycles. The number of rotatable bonds is 13. The Labute approximate surface area is 269 Å². The molecule has 0 radical (unpaired) electrons. The van der Waals surface area contributed by atoms with E-state index in [1.165, 1.54) is 0 Å². The van der Waals surface area contributed by atoms with E-state index >= 15 is 0 Å². The molecule has 0 aliphatic heterocycles. The molecule has 0 bridgehead atoms. The minimum atomic E-state index is -0.817. The zero-order valence-electron chi connectivity index (χ0n) is 25.4. The first-order valence-corrected chi connectivity index (χ1v) is 15.3. The zero-order valence-corrected chi connectivity index (χ0v) is 26.2. The summed E-state index contributed by atoms with van der Waals surface area (Å²) >= 11 is 5.30. The number of ether oxygens (including phenoxy) is 1. The molecule has 0 heterocycles. The van der Waals surface area contributed by atoms with Crippen LogP contribution in [0, 0.1) is 0 Å². The van der Waals surface area contributed by atoms with Gasteiger partial charge in [-0.15, -0.1) is 0 Å². The monoisotopic (exact) mass is 622 g/mol. The average Bonchev–Trinajstić information content (AvgIpc) is 3.07. The summed E-state index contributed by atoms with van der Waals surface area (Å²) in [5, 5.41) is 12.0. The number of carbonyl (C=O) groups is 3. The lowest BCUT2D eigenvalue weighted by Crippen LogP contribution is -2.49. The number of thiocarbonyl (C=S) groups is 1. The highest BCUT2D eigenvalue weighted by atomic mass is 32.1. The molecule has 3 amide bonds. The fraction of sp³-hybridized carbons (Fsp3) is 0.222. The number of benzene rings is 4. The highest BCUT2D eigenvalue weighted by molar-refractivity contribution is 7.80. The van der Waals surface area contributed by atoms with Crippen LogP contribution in [0.1, 0.15) is 58.8 Å². The molecule has 2 atom stereocenters. The first-order chi connectivity index (χ1) is 21.9. The molecule has 0 aliphatic rings. The van der Waals surface area contributed by atoms with Crippen LogP contribution >= 0.6 is 12.2 Å². The molecule has 0 saturated carbocycles. The lowest BCUT2D eigenvalue weighted by Gasteiger charge is -2.25. The summed E-state index contributed by atoms with van der Waals surface area (Å²) in [5.41, 5.74) is 3.06. The van der Waals surface area contributed by atoms with E-state index < -0.39 is 12.0 Å². The Morgan fingerprint density at radius 1 is 0.711 bits per heavy atom. The van der Waals surface area contributed by atoms with Gasteiger partial charge in [-0.2, -0.15) is 0 Å².